The number of rotatable bonds is 7. The molecule has 0 radical (unpaired) electrons. The van der Waals surface area contributed by atoms with Gasteiger partial charge in [0.2, 0.25) is 0 Å². The molecule has 0 aliphatic carbocycles. The molecule has 0 saturated carbocycles. The van der Waals surface area contributed by atoms with Crippen LogP contribution in [0.3, 0.4) is 0 Å². The summed E-state index contributed by atoms with van der Waals surface area (Å²) in [6, 6.07) is 13.7. The van der Waals surface area contributed by atoms with Gasteiger partial charge in [0, 0.05) is 13.1 Å². The third-order valence-corrected chi connectivity index (χ3v) is 3.22. The van der Waals surface area contributed by atoms with E-state index in [0.717, 1.165) is 31.1 Å². The van der Waals surface area contributed by atoms with Crippen molar-refractivity contribution < 1.29 is 4.74 Å². The van der Waals surface area contributed by atoms with Crippen molar-refractivity contribution in [2.75, 3.05) is 24.3 Å². The van der Waals surface area contributed by atoms with Gasteiger partial charge < -0.3 is 15.4 Å². The molecule has 0 aliphatic rings. The molecule has 0 fully saturated rings. The molecular formula is C17H21N3O. The number of nitrogen functional groups attached to an aromatic ring is 1. The minimum atomic E-state index is 0.533. The fourth-order valence-corrected chi connectivity index (χ4v) is 2.09. The van der Waals surface area contributed by atoms with E-state index >= 15 is 0 Å². The summed E-state index contributed by atoms with van der Waals surface area (Å²) in [6.07, 6.45) is 2.81. The van der Waals surface area contributed by atoms with E-state index in [4.69, 9.17) is 10.5 Å². The SMILES string of the molecule is C=CCCN(Cc1ccc(OC)cc1)c1cccc(N)n1. The van der Waals surface area contributed by atoms with Gasteiger partial charge in [-0.2, -0.15) is 0 Å². The molecular weight excluding hydrogens is 262 g/mol. The lowest BCUT2D eigenvalue weighted by atomic mass is 10.2. The molecule has 110 valence electrons. The van der Waals surface area contributed by atoms with Crippen LogP contribution in [0.2, 0.25) is 0 Å². The van der Waals surface area contributed by atoms with Gasteiger partial charge in [-0.25, -0.2) is 4.98 Å². The third kappa shape index (κ3) is 4.24. The zero-order valence-corrected chi connectivity index (χ0v) is 12.3. The molecule has 0 atom stereocenters. The van der Waals surface area contributed by atoms with Crippen molar-refractivity contribution in [1.82, 2.24) is 4.98 Å². The normalized spacial score (nSPS) is 10.1. The Balaban J connectivity index is 2.17. The van der Waals surface area contributed by atoms with E-state index in [1.807, 2.05) is 30.3 Å². The Morgan fingerprint density at radius 3 is 2.62 bits per heavy atom. The first-order valence-electron chi connectivity index (χ1n) is 6.94. The molecule has 21 heavy (non-hydrogen) atoms. The topological polar surface area (TPSA) is 51.4 Å². The molecule has 2 N–H and O–H groups in total. The fourth-order valence-electron chi connectivity index (χ4n) is 2.09. The number of anilines is 2. The molecule has 0 amide bonds. The molecule has 0 unspecified atom stereocenters. The maximum absolute atomic E-state index is 5.78. The van der Waals surface area contributed by atoms with Crippen molar-refractivity contribution in [3.63, 3.8) is 0 Å². The second-order valence-electron chi connectivity index (χ2n) is 4.77. The molecule has 1 aromatic heterocycles. The molecule has 2 aromatic rings. The summed E-state index contributed by atoms with van der Waals surface area (Å²) < 4.78 is 5.18. The molecule has 4 nitrogen and oxygen atoms in total. The summed E-state index contributed by atoms with van der Waals surface area (Å²) in [7, 11) is 1.67. The Morgan fingerprint density at radius 1 is 1.24 bits per heavy atom. The average molecular weight is 283 g/mol. The first-order chi connectivity index (χ1) is 10.2. The van der Waals surface area contributed by atoms with Gasteiger partial charge in [0.05, 0.1) is 7.11 Å². The van der Waals surface area contributed by atoms with E-state index in [1.54, 1.807) is 13.2 Å². The lowest BCUT2D eigenvalue weighted by Gasteiger charge is -2.23. The van der Waals surface area contributed by atoms with E-state index in [1.165, 1.54) is 5.56 Å². The Morgan fingerprint density at radius 2 is 2.00 bits per heavy atom. The van der Waals surface area contributed by atoms with Crippen molar-refractivity contribution in [2.45, 2.75) is 13.0 Å². The quantitative estimate of drug-likeness (QED) is 0.792. The third-order valence-electron chi connectivity index (χ3n) is 3.22. The highest BCUT2D eigenvalue weighted by molar-refractivity contribution is 5.45. The van der Waals surface area contributed by atoms with Gasteiger partial charge >= 0.3 is 0 Å². The van der Waals surface area contributed by atoms with E-state index < -0.39 is 0 Å². The molecule has 2 rings (SSSR count). The zero-order valence-electron chi connectivity index (χ0n) is 12.3. The van der Waals surface area contributed by atoms with Crippen molar-refractivity contribution >= 4 is 11.6 Å². The standard InChI is InChI=1S/C17H21N3O/c1-3-4-12-20(17-7-5-6-16(18)19-17)13-14-8-10-15(21-2)11-9-14/h3,5-11H,1,4,12-13H2,2H3,(H2,18,19). The van der Waals surface area contributed by atoms with Crippen LogP contribution in [0.5, 0.6) is 5.75 Å². The second kappa shape index (κ2) is 7.33. The zero-order chi connectivity index (χ0) is 15.1. The lowest BCUT2D eigenvalue weighted by Crippen LogP contribution is -2.24. The van der Waals surface area contributed by atoms with Crippen LogP contribution in [0.1, 0.15) is 12.0 Å². The second-order valence-corrected chi connectivity index (χ2v) is 4.77. The smallest absolute Gasteiger partial charge is 0.131 e. The Bertz CT molecular complexity index is 581. The maximum atomic E-state index is 5.78. The number of hydrogen-bond donors (Lipinski definition) is 1. The monoisotopic (exact) mass is 283 g/mol. The molecule has 0 bridgehead atoms. The van der Waals surface area contributed by atoms with Gasteiger partial charge in [-0.15, -0.1) is 6.58 Å². The number of pyridine rings is 1. The van der Waals surface area contributed by atoms with Crippen LogP contribution >= 0.6 is 0 Å². The van der Waals surface area contributed by atoms with Crippen molar-refractivity contribution in [3.8, 4) is 5.75 Å². The van der Waals surface area contributed by atoms with E-state index in [2.05, 4.69) is 28.6 Å². The summed E-state index contributed by atoms with van der Waals surface area (Å²) in [5.74, 6) is 2.27. The minimum absolute atomic E-state index is 0.533. The van der Waals surface area contributed by atoms with E-state index in [9.17, 15) is 0 Å². The molecule has 1 heterocycles. The Hall–Kier alpha value is -2.49. The number of benzene rings is 1. The Kier molecular flexibility index (Phi) is 5.21. The Labute approximate surface area is 125 Å². The van der Waals surface area contributed by atoms with E-state index in [0.29, 0.717) is 5.82 Å². The van der Waals surface area contributed by atoms with Crippen LogP contribution < -0.4 is 15.4 Å². The van der Waals surface area contributed by atoms with Crippen LogP contribution in [0, 0.1) is 0 Å². The fraction of sp³-hybridized carbons (Fsp3) is 0.235. The highest BCUT2D eigenvalue weighted by Gasteiger charge is 2.08. The highest BCUT2D eigenvalue weighted by Crippen LogP contribution is 2.18. The van der Waals surface area contributed by atoms with Gasteiger partial charge in [0.15, 0.2) is 0 Å². The largest absolute Gasteiger partial charge is 0.497 e. The van der Waals surface area contributed by atoms with Crippen LogP contribution in [0.15, 0.2) is 55.1 Å². The van der Waals surface area contributed by atoms with Crippen LogP contribution in [0.4, 0.5) is 11.6 Å². The molecule has 4 heteroatoms. The molecule has 0 spiro atoms. The van der Waals surface area contributed by atoms with Gasteiger partial charge in [-0.3, -0.25) is 0 Å². The number of hydrogen-bond acceptors (Lipinski definition) is 4. The van der Waals surface area contributed by atoms with Gasteiger partial charge in [0.1, 0.15) is 17.4 Å². The molecule has 1 aromatic carbocycles. The minimum Gasteiger partial charge on any atom is -0.497 e. The number of aromatic nitrogens is 1. The predicted molar refractivity (Wildman–Crippen MR) is 87.5 cm³/mol. The number of ether oxygens (including phenoxy) is 1. The average Bonchev–Trinajstić information content (AvgIpc) is 2.52. The van der Waals surface area contributed by atoms with Crippen LogP contribution in [-0.4, -0.2) is 18.6 Å². The van der Waals surface area contributed by atoms with Gasteiger partial charge in [-0.1, -0.05) is 24.3 Å². The summed E-state index contributed by atoms with van der Waals surface area (Å²) >= 11 is 0. The first-order valence-corrected chi connectivity index (χ1v) is 6.94. The van der Waals surface area contributed by atoms with Crippen molar-refractivity contribution in [2.24, 2.45) is 0 Å². The molecule has 0 aliphatic heterocycles. The maximum Gasteiger partial charge on any atom is 0.131 e. The highest BCUT2D eigenvalue weighted by atomic mass is 16.5. The summed E-state index contributed by atoms with van der Waals surface area (Å²) in [4.78, 5) is 6.60. The van der Waals surface area contributed by atoms with Crippen molar-refractivity contribution in [1.29, 1.82) is 0 Å². The predicted octanol–water partition coefficient (Wildman–Crippen LogP) is 3.26. The lowest BCUT2D eigenvalue weighted by molar-refractivity contribution is 0.414. The molecule has 0 saturated heterocycles. The van der Waals surface area contributed by atoms with Crippen molar-refractivity contribution in [3.05, 3.63) is 60.7 Å². The van der Waals surface area contributed by atoms with E-state index in [-0.39, 0.29) is 0 Å². The number of nitrogens with two attached hydrogens (primary N) is 1. The van der Waals surface area contributed by atoms with Gasteiger partial charge in [0.25, 0.3) is 0 Å². The number of nitrogens with zero attached hydrogens (tertiary/aromatic N) is 2. The van der Waals surface area contributed by atoms with Crippen LogP contribution in [-0.2, 0) is 6.54 Å². The van der Waals surface area contributed by atoms with Gasteiger partial charge in [-0.05, 0) is 36.2 Å². The summed E-state index contributed by atoms with van der Waals surface area (Å²) in [6.45, 7) is 5.41. The first kappa shape index (κ1) is 14.9. The summed E-state index contributed by atoms with van der Waals surface area (Å²) in [5.41, 5.74) is 6.98. The summed E-state index contributed by atoms with van der Waals surface area (Å²) in [5, 5.41) is 0. The van der Waals surface area contributed by atoms with Crippen LogP contribution in [0.25, 0.3) is 0 Å². The number of methoxy groups -OCH3 is 1.